The quantitative estimate of drug-likeness (QED) is 0.362. The number of rotatable bonds is 4. The van der Waals surface area contributed by atoms with E-state index in [-0.39, 0.29) is 0 Å². The monoisotopic (exact) mass is 476 g/mol. The van der Waals surface area contributed by atoms with Gasteiger partial charge < -0.3 is 9.55 Å². The average molecular weight is 477 g/mol. The maximum absolute atomic E-state index is 12.8. The number of para-hydroxylation sites is 2. The standard InChI is InChI=1S/C25H18Cl2N4O2/c1-15-19(13-28-31-24(32)18-7-2-4-8-22(18)29-25(31)33)17-6-3-5-9-23(17)30(15)14-16-10-11-20(26)21(27)12-16/h2-13H,14H2,1H3,(H,29,33). The minimum absolute atomic E-state index is 0.396. The largest absolute Gasteiger partial charge is 0.349 e. The highest BCUT2D eigenvalue weighted by atomic mass is 35.5. The zero-order valence-corrected chi connectivity index (χ0v) is 19.1. The van der Waals surface area contributed by atoms with Gasteiger partial charge >= 0.3 is 5.69 Å². The highest BCUT2D eigenvalue weighted by Gasteiger charge is 2.14. The highest BCUT2D eigenvalue weighted by molar-refractivity contribution is 6.42. The first-order valence-corrected chi connectivity index (χ1v) is 11.0. The summed E-state index contributed by atoms with van der Waals surface area (Å²) < 4.78 is 3.00. The molecule has 0 unspecified atom stereocenters. The number of H-pyrrole nitrogens is 1. The van der Waals surface area contributed by atoms with Gasteiger partial charge in [0.05, 0.1) is 27.2 Å². The van der Waals surface area contributed by atoms with Crippen molar-refractivity contribution in [2.75, 3.05) is 0 Å². The van der Waals surface area contributed by atoms with Crippen LogP contribution in [0.4, 0.5) is 0 Å². The van der Waals surface area contributed by atoms with E-state index in [0.29, 0.717) is 27.5 Å². The van der Waals surface area contributed by atoms with E-state index in [0.717, 1.165) is 32.4 Å². The fourth-order valence-corrected chi connectivity index (χ4v) is 4.34. The summed E-state index contributed by atoms with van der Waals surface area (Å²) in [6.45, 7) is 2.56. The summed E-state index contributed by atoms with van der Waals surface area (Å²) in [7, 11) is 0. The van der Waals surface area contributed by atoms with E-state index in [1.54, 1.807) is 36.5 Å². The van der Waals surface area contributed by atoms with Crippen molar-refractivity contribution in [3.05, 3.63) is 114 Å². The summed E-state index contributed by atoms with van der Waals surface area (Å²) in [5.74, 6) is 0. The third-order valence-corrected chi connectivity index (χ3v) is 6.43. The van der Waals surface area contributed by atoms with Crippen LogP contribution in [0, 0.1) is 6.92 Å². The van der Waals surface area contributed by atoms with Crippen LogP contribution in [0.25, 0.3) is 21.8 Å². The number of nitrogens with one attached hydrogen (secondary N) is 1. The third kappa shape index (κ3) is 3.77. The summed E-state index contributed by atoms with van der Waals surface area (Å²) in [6.07, 6.45) is 1.56. The molecule has 6 nitrogen and oxygen atoms in total. The van der Waals surface area contributed by atoms with Crippen LogP contribution in [0.3, 0.4) is 0 Å². The van der Waals surface area contributed by atoms with E-state index in [2.05, 4.69) is 14.7 Å². The Morgan fingerprint density at radius 2 is 1.67 bits per heavy atom. The molecule has 0 aliphatic carbocycles. The highest BCUT2D eigenvalue weighted by Crippen LogP contribution is 2.28. The van der Waals surface area contributed by atoms with Crippen LogP contribution in [-0.4, -0.2) is 20.4 Å². The molecule has 0 saturated carbocycles. The molecule has 164 valence electrons. The Labute approximate surface area is 198 Å². The Morgan fingerprint density at radius 3 is 2.45 bits per heavy atom. The van der Waals surface area contributed by atoms with Crippen molar-refractivity contribution in [3.8, 4) is 0 Å². The van der Waals surface area contributed by atoms with Gasteiger partial charge in [-0.05, 0) is 42.8 Å². The van der Waals surface area contributed by atoms with Gasteiger partial charge in [0, 0.05) is 28.7 Å². The second kappa shape index (κ2) is 8.39. The first-order chi connectivity index (χ1) is 15.9. The topological polar surface area (TPSA) is 72.2 Å². The van der Waals surface area contributed by atoms with E-state index < -0.39 is 11.2 Å². The van der Waals surface area contributed by atoms with Crippen LogP contribution >= 0.6 is 23.2 Å². The molecule has 8 heteroatoms. The first kappa shape index (κ1) is 21.2. The van der Waals surface area contributed by atoms with Crippen molar-refractivity contribution >= 4 is 51.2 Å². The van der Waals surface area contributed by atoms with Crippen molar-refractivity contribution in [2.24, 2.45) is 5.10 Å². The number of hydrogen-bond acceptors (Lipinski definition) is 3. The molecule has 0 aliphatic rings. The SMILES string of the molecule is Cc1c(C=Nn2c(=O)[nH]c3ccccc3c2=O)c2ccccc2n1Cc1ccc(Cl)c(Cl)c1. The number of nitrogens with zero attached hydrogens (tertiary/aromatic N) is 3. The fourth-order valence-electron chi connectivity index (χ4n) is 4.02. The van der Waals surface area contributed by atoms with Gasteiger partial charge in [0.1, 0.15) is 0 Å². The molecule has 5 rings (SSSR count). The van der Waals surface area contributed by atoms with Gasteiger partial charge in [-0.1, -0.05) is 59.6 Å². The zero-order chi connectivity index (χ0) is 23.1. The van der Waals surface area contributed by atoms with Gasteiger partial charge in [0.25, 0.3) is 5.56 Å². The Morgan fingerprint density at radius 1 is 0.939 bits per heavy atom. The molecule has 0 fully saturated rings. The summed E-state index contributed by atoms with van der Waals surface area (Å²) in [4.78, 5) is 28.0. The van der Waals surface area contributed by atoms with Crippen molar-refractivity contribution in [1.29, 1.82) is 0 Å². The van der Waals surface area contributed by atoms with Gasteiger partial charge in [-0.3, -0.25) is 4.79 Å². The predicted molar refractivity (Wildman–Crippen MR) is 134 cm³/mol. The molecule has 0 amide bonds. The maximum Gasteiger partial charge on any atom is 0.349 e. The summed E-state index contributed by atoms with van der Waals surface area (Å²) in [5.41, 5.74) is 3.19. The lowest BCUT2D eigenvalue weighted by molar-refractivity contribution is 0.770. The molecule has 0 saturated heterocycles. The van der Waals surface area contributed by atoms with Crippen LogP contribution in [0.1, 0.15) is 16.8 Å². The molecule has 0 atom stereocenters. The smallest absolute Gasteiger partial charge is 0.340 e. The summed E-state index contributed by atoms with van der Waals surface area (Å²) >= 11 is 12.3. The van der Waals surface area contributed by atoms with Gasteiger partial charge in [0.15, 0.2) is 0 Å². The number of benzene rings is 3. The van der Waals surface area contributed by atoms with Crippen molar-refractivity contribution in [1.82, 2.24) is 14.2 Å². The van der Waals surface area contributed by atoms with Crippen LogP contribution in [0.5, 0.6) is 0 Å². The van der Waals surface area contributed by atoms with Crippen molar-refractivity contribution < 1.29 is 0 Å². The van der Waals surface area contributed by atoms with Crippen molar-refractivity contribution in [3.63, 3.8) is 0 Å². The molecule has 0 radical (unpaired) electrons. The van der Waals surface area contributed by atoms with E-state index in [4.69, 9.17) is 23.2 Å². The molecule has 5 aromatic rings. The molecule has 2 aromatic heterocycles. The normalized spacial score (nSPS) is 11.7. The molecule has 0 bridgehead atoms. The Hall–Kier alpha value is -3.61. The van der Waals surface area contributed by atoms with Crippen LogP contribution in [0.15, 0.2) is 81.4 Å². The lowest BCUT2D eigenvalue weighted by atomic mass is 10.1. The van der Waals surface area contributed by atoms with E-state index >= 15 is 0 Å². The Kier molecular flexibility index (Phi) is 5.40. The summed E-state index contributed by atoms with van der Waals surface area (Å²) in [6, 6.07) is 20.3. The number of halogens is 2. The molecule has 0 spiro atoms. The Bertz CT molecular complexity index is 1680. The number of fused-ring (bicyclic) bond motifs is 2. The van der Waals surface area contributed by atoms with E-state index in [9.17, 15) is 9.59 Å². The minimum atomic E-state index is -0.591. The molecule has 1 N–H and O–H groups in total. The predicted octanol–water partition coefficient (Wildman–Crippen LogP) is 5.19. The number of hydrogen-bond donors (Lipinski definition) is 1. The fraction of sp³-hybridized carbons (Fsp3) is 0.0800. The Balaban J connectivity index is 1.63. The van der Waals surface area contributed by atoms with Crippen LogP contribution in [-0.2, 0) is 6.54 Å². The molecule has 3 aromatic carbocycles. The lowest BCUT2D eigenvalue weighted by Crippen LogP contribution is -2.32. The van der Waals surface area contributed by atoms with Gasteiger partial charge in [-0.2, -0.15) is 5.10 Å². The lowest BCUT2D eigenvalue weighted by Gasteiger charge is -2.09. The second-order valence-corrected chi connectivity index (χ2v) is 8.50. The van der Waals surface area contributed by atoms with Crippen LogP contribution in [0.2, 0.25) is 10.0 Å². The number of aromatic amines is 1. The van der Waals surface area contributed by atoms with E-state index in [1.807, 2.05) is 43.3 Å². The molecule has 2 heterocycles. The van der Waals surface area contributed by atoms with Gasteiger partial charge in [-0.15, -0.1) is 4.68 Å². The second-order valence-electron chi connectivity index (χ2n) is 7.69. The maximum atomic E-state index is 12.8. The minimum Gasteiger partial charge on any atom is -0.340 e. The zero-order valence-electron chi connectivity index (χ0n) is 17.5. The molecule has 0 aliphatic heterocycles. The van der Waals surface area contributed by atoms with Crippen LogP contribution < -0.4 is 11.2 Å². The first-order valence-electron chi connectivity index (χ1n) is 10.2. The van der Waals surface area contributed by atoms with Gasteiger partial charge in [0.2, 0.25) is 0 Å². The molecule has 33 heavy (non-hydrogen) atoms. The van der Waals surface area contributed by atoms with Gasteiger partial charge in [-0.25, -0.2) is 4.79 Å². The molecular formula is C25H18Cl2N4O2. The molecular weight excluding hydrogens is 459 g/mol. The summed E-state index contributed by atoms with van der Waals surface area (Å²) in [5, 5.41) is 6.63. The van der Waals surface area contributed by atoms with E-state index in [1.165, 1.54) is 0 Å². The number of aromatic nitrogens is 3. The van der Waals surface area contributed by atoms with Crippen molar-refractivity contribution in [2.45, 2.75) is 13.5 Å². The average Bonchev–Trinajstić information content (AvgIpc) is 3.07. The third-order valence-electron chi connectivity index (χ3n) is 5.69.